The van der Waals surface area contributed by atoms with E-state index in [0.29, 0.717) is 26.1 Å². The van der Waals surface area contributed by atoms with Gasteiger partial charge in [0.2, 0.25) is 11.6 Å². The van der Waals surface area contributed by atoms with Gasteiger partial charge in [0.15, 0.2) is 0 Å². The van der Waals surface area contributed by atoms with Gasteiger partial charge in [0.1, 0.15) is 6.33 Å². The highest BCUT2D eigenvalue weighted by atomic mass is 16.6. The molecule has 1 aromatic heterocycles. The summed E-state index contributed by atoms with van der Waals surface area (Å²) >= 11 is 0. The fourth-order valence-corrected chi connectivity index (χ4v) is 3.93. The summed E-state index contributed by atoms with van der Waals surface area (Å²) in [7, 11) is 0. The minimum absolute atomic E-state index is 0.0911. The third kappa shape index (κ3) is 5.35. The zero-order valence-corrected chi connectivity index (χ0v) is 17.9. The van der Waals surface area contributed by atoms with Gasteiger partial charge in [-0.1, -0.05) is 60.7 Å². The molecular formula is C23H24N6O4. The molecule has 1 fully saturated rings. The Morgan fingerprint density at radius 2 is 1.70 bits per heavy atom. The highest BCUT2D eigenvalue weighted by Crippen LogP contribution is 2.34. The van der Waals surface area contributed by atoms with Crippen molar-refractivity contribution in [3.63, 3.8) is 0 Å². The Morgan fingerprint density at radius 1 is 1.09 bits per heavy atom. The second-order valence-corrected chi connectivity index (χ2v) is 7.84. The van der Waals surface area contributed by atoms with Gasteiger partial charge in [-0.25, -0.2) is 14.8 Å². The highest BCUT2D eigenvalue weighted by Gasteiger charge is 2.31. The summed E-state index contributed by atoms with van der Waals surface area (Å²) in [5.41, 5.74) is 1.76. The van der Waals surface area contributed by atoms with Crippen LogP contribution in [0.3, 0.4) is 0 Å². The summed E-state index contributed by atoms with van der Waals surface area (Å²) < 4.78 is 0. The van der Waals surface area contributed by atoms with E-state index in [0.717, 1.165) is 11.1 Å². The van der Waals surface area contributed by atoms with Gasteiger partial charge in [-0.2, -0.15) is 0 Å². The molecule has 0 aliphatic carbocycles. The predicted octanol–water partition coefficient (Wildman–Crippen LogP) is 3.76. The van der Waals surface area contributed by atoms with Gasteiger partial charge in [0.25, 0.3) is 0 Å². The maximum absolute atomic E-state index is 12.2. The fourth-order valence-electron chi connectivity index (χ4n) is 3.93. The Hall–Kier alpha value is -4.21. The van der Waals surface area contributed by atoms with Crippen LogP contribution in [0.25, 0.3) is 0 Å². The Bertz CT molecular complexity index is 1070. The first kappa shape index (κ1) is 22.0. The lowest BCUT2D eigenvalue weighted by Crippen LogP contribution is -2.31. The Kier molecular flexibility index (Phi) is 6.63. The molecule has 170 valence electrons. The van der Waals surface area contributed by atoms with Crippen molar-refractivity contribution < 1.29 is 14.8 Å². The molecule has 1 atom stereocenters. The Labute approximate surface area is 190 Å². The van der Waals surface area contributed by atoms with Crippen molar-refractivity contribution in [2.75, 3.05) is 23.3 Å². The second kappa shape index (κ2) is 9.94. The molecule has 0 radical (unpaired) electrons. The molecule has 0 bridgehead atoms. The molecule has 4 rings (SSSR count). The monoisotopic (exact) mass is 448 g/mol. The molecule has 1 aliphatic heterocycles. The van der Waals surface area contributed by atoms with Crippen molar-refractivity contribution >= 4 is 23.4 Å². The van der Waals surface area contributed by atoms with Crippen molar-refractivity contribution in [1.82, 2.24) is 14.9 Å². The van der Waals surface area contributed by atoms with Crippen molar-refractivity contribution in [3.8, 4) is 0 Å². The van der Waals surface area contributed by atoms with E-state index in [-0.39, 0.29) is 29.9 Å². The van der Waals surface area contributed by atoms with Crippen LogP contribution in [0.15, 0.2) is 67.0 Å². The van der Waals surface area contributed by atoms with E-state index in [1.165, 1.54) is 11.2 Å². The van der Waals surface area contributed by atoms with Gasteiger partial charge in [-0.05, 0) is 17.5 Å². The average molecular weight is 448 g/mol. The Balaban J connectivity index is 1.67. The van der Waals surface area contributed by atoms with Crippen LogP contribution in [0, 0.1) is 10.1 Å². The number of amides is 1. The molecule has 10 nitrogen and oxygen atoms in total. The van der Waals surface area contributed by atoms with Crippen LogP contribution in [-0.2, 0) is 13.1 Å². The lowest BCUT2D eigenvalue weighted by molar-refractivity contribution is -0.383. The van der Waals surface area contributed by atoms with Crippen molar-refractivity contribution in [2.45, 2.75) is 25.6 Å². The number of rotatable bonds is 8. The first-order valence-corrected chi connectivity index (χ1v) is 10.6. The van der Waals surface area contributed by atoms with E-state index in [2.05, 4.69) is 15.3 Å². The van der Waals surface area contributed by atoms with Crippen LogP contribution in [0.1, 0.15) is 17.5 Å². The van der Waals surface area contributed by atoms with Crippen LogP contribution in [0.4, 0.5) is 22.1 Å². The smallest absolute Gasteiger partial charge is 0.407 e. The third-order valence-electron chi connectivity index (χ3n) is 5.52. The van der Waals surface area contributed by atoms with Crippen LogP contribution < -0.4 is 10.2 Å². The predicted molar refractivity (Wildman–Crippen MR) is 123 cm³/mol. The molecule has 0 spiro atoms. The molecule has 2 heterocycles. The molecule has 1 aliphatic rings. The van der Waals surface area contributed by atoms with Crippen molar-refractivity contribution in [2.24, 2.45) is 0 Å². The summed E-state index contributed by atoms with van der Waals surface area (Å²) in [6.07, 6.45) is 0.840. The highest BCUT2D eigenvalue weighted by molar-refractivity contribution is 5.71. The number of nitro groups is 1. The maximum atomic E-state index is 12.2. The topological polar surface area (TPSA) is 125 Å². The van der Waals surface area contributed by atoms with E-state index in [1.807, 2.05) is 65.6 Å². The number of nitrogens with zero attached hydrogens (tertiary/aromatic N) is 5. The number of nitrogens with one attached hydrogen (secondary N) is 1. The molecule has 1 amide bonds. The first-order chi connectivity index (χ1) is 16.0. The van der Waals surface area contributed by atoms with Crippen LogP contribution >= 0.6 is 0 Å². The number of aromatic nitrogens is 2. The summed E-state index contributed by atoms with van der Waals surface area (Å²) in [5.74, 6) is 0.298. The van der Waals surface area contributed by atoms with E-state index in [4.69, 9.17) is 0 Å². The molecule has 2 N–H and O–H groups in total. The van der Waals surface area contributed by atoms with E-state index in [1.54, 1.807) is 0 Å². The number of carbonyl (C=O) groups is 1. The Morgan fingerprint density at radius 3 is 2.21 bits per heavy atom. The SMILES string of the molecule is O=C(O)N1CC[C@@H](Nc2ncnc(N(Cc3ccccc3)Cc3ccccc3)c2[N+](=O)[O-])C1. The van der Waals surface area contributed by atoms with Gasteiger partial charge in [-0.3, -0.25) is 10.1 Å². The first-order valence-electron chi connectivity index (χ1n) is 10.6. The summed E-state index contributed by atoms with van der Waals surface area (Å²) in [6, 6.07) is 19.1. The third-order valence-corrected chi connectivity index (χ3v) is 5.52. The van der Waals surface area contributed by atoms with Gasteiger partial charge in [0, 0.05) is 32.2 Å². The van der Waals surface area contributed by atoms with Crippen LogP contribution in [0.2, 0.25) is 0 Å². The van der Waals surface area contributed by atoms with Crippen LogP contribution in [-0.4, -0.2) is 50.1 Å². The molecule has 10 heteroatoms. The molecular weight excluding hydrogens is 424 g/mol. The van der Waals surface area contributed by atoms with Gasteiger partial charge < -0.3 is 20.2 Å². The van der Waals surface area contributed by atoms with Crippen molar-refractivity contribution in [3.05, 3.63) is 88.2 Å². The zero-order valence-electron chi connectivity index (χ0n) is 17.9. The molecule has 33 heavy (non-hydrogen) atoms. The van der Waals surface area contributed by atoms with Crippen LogP contribution in [0.5, 0.6) is 0 Å². The summed E-state index contributed by atoms with van der Waals surface area (Å²) in [6.45, 7) is 1.45. The van der Waals surface area contributed by atoms with Gasteiger partial charge >= 0.3 is 11.8 Å². The van der Waals surface area contributed by atoms with E-state index < -0.39 is 11.0 Å². The lowest BCUT2D eigenvalue weighted by Gasteiger charge is -2.24. The molecule has 0 saturated carbocycles. The average Bonchev–Trinajstić information content (AvgIpc) is 3.29. The molecule has 3 aromatic rings. The number of anilines is 2. The number of carboxylic acid groups (broad SMARTS) is 1. The van der Waals surface area contributed by atoms with Gasteiger partial charge in [-0.15, -0.1) is 0 Å². The number of likely N-dealkylation sites (tertiary alicyclic amines) is 1. The summed E-state index contributed by atoms with van der Waals surface area (Å²) in [4.78, 5) is 34.5. The van der Waals surface area contributed by atoms with Gasteiger partial charge in [0.05, 0.1) is 4.92 Å². The summed E-state index contributed by atoms with van der Waals surface area (Å²) in [5, 5.41) is 24.4. The minimum Gasteiger partial charge on any atom is -0.465 e. The molecule has 2 aromatic carbocycles. The number of hydrogen-bond donors (Lipinski definition) is 2. The minimum atomic E-state index is -1.01. The zero-order chi connectivity index (χ0) is 23.2. The van der Waals surface area contributed by atoms with Crippen molar-refractivity contribution in [1.29, 1.82) is 0 Å². The standard InChI is InChI=1S/C23H24N6O4/c30-23(31)27-12-11-19(15-27)26-21-20(29(32)33)22(25-16-24-21)28(13-17-7-3-1-4-8-17)14-18-9-5-2-6-10-18/h1-10,16,19H,11-15H2,(H,30,31)(H,24,25,26)/t19-/m1/s1. The normalized spacial score (nSPS) is 15.3. The lowest BCUT2D eigenvalue weighted by atomic mass is 10.1. The van der Waals surface area contributed by atoms with E-state index in [9.17, 15) is 20.0 Å². The number of hydrogen-bond acceptors (Lipinski definition) is 7. The molecule has 0 unspecified atom stereocenters. The largest absolute Gasteiger partial charge is 0.465 e. The number of benzene rings is 2. The maximum Gasteiger partial charge on any atom is 0.407 e. The second-order valence-electron chi connectivity index (χ2n) is 7.84. The molecule has 1 saturated heterocycles. The quantitative estimate of drug-likeness (QED) is 0.394. The van der Waals surface area contributed by atoms with E-state index >= 15 is 0 Å². The fraction of sp³-hybridized carbons (Fsp3) is 0.261.